The standard InChI is InChI=1S/C17H32N2O2/c1-4-5-10-15-17(20)19(16(18-15)13(2)3)11-12-21-14-8-6-7-9-14/h13-16,18H,4-12H2,1-3H3. The fourth-order valence-corrected chi connectivity index (χ4v) is 3.49. The number of nitrogens with one attached hydrogen (secondary N) is 1. The first kappa shape index (κ1) is 16.8. The van der Waals surface area contributed by atoms with Gasteiger partial charge in [0.15, 0.2) is 0 Å². The van der Waals surface area contributed by atoms with Gasteiger partial charge in [0.2, 0.25) is 5.91 Å². The van der Waals surface area contributed by atoms with E-state index in [1.807, 2.05) is 4.90 Å². The van der Waals surface area contributed by atoms with E-state index < -0.39 is 0 Å². The molecule has 1 saturated heterocycles. The molecule has 1 aliphatic carbocycles. The van der Waals surface area contributed by atoms with Crippen molar-refractivity contribution < 1.29 is 9.53 Å². The van der Waals surface area contributed by atoms with Crippen molar-refractivity contribution in [1.29, 1.82) is 0 Å². The highest BCUT2D eigenvalue weighted by molar-refractivity contribution is 5.84. The summed E-state index contributed by atoms with van der Waals surface area (Å²) in [6.45, 7) is 7.94. The number of ether oxygens (including phenoxy) is 1. The van der Waals surface area contributed by atoms with Gasteiger partial charge in [0, 0.05) is 6.54 Å². The molecule has 0 aromatic rings. The van der Waals surface area contributed by atoms with Gasteiger partial charge in [0.05, 0.1) is 24.9 Å². The van der Waals surface area contributed by atoms with Crippen LogP contribution < -0.4 is 5.32 Å². The van der Waals surface area contributed by atoms with Crippen LogP contribution >= 0.6 is 0 Å². The maximum Gasteiger partial charge on any atom is 0.241 e. The van der Waals surface area contributed by atoms with Crippen molar-refractivity contribution in [3.63, 3.8) is 0 Å². The van der Waals surface area contributed by atoms with E-state index in [1.165, 1.54) is 25.7 Å². The number of nitrogens with zero attached hydrogens (tertiary/aromatic N) is 1. The summed E-state index contributed by atoms with van der Waals surface area (Å²) in [5.41, 5.74) is 0. The molecule has 4 nitrogen and oxygen atoms in total. The van der Waals surface area contributed by atoms with Crippen LogP contribution in [-0.2, 0) is 9.53 Å². The Morgan fingerprint density at radius 3 is 2.67 bits per heavy atom. The SMILES string of the molecule is CCCCC1NC(C(C)C)N(CCOC2CCCC2)C1=O. The number of carbonyl (C=O) groups excluding carboxylic acids is 1. The Morgan fingerprint density at radius 1 is 1.33 bits per heavy atom. The van der Waals surface area contributed by atoms with Gasteiger partial charge in [0.1, 0.15) is 0 Å². The topological polar surface area (TPSA) is 41.6 Å². The number of unbranched alkanes of at least 4 members (excludes halogenated alkanes) is 1. The Bertz CT molecular complexity index is 327. The summed E-state index contributed by atoms with van der Waals surface area (Å²) in [6.07, 6.45) is 8.79. The van der Waals surface area contributed by atoms with E-state index in [0.29, 0.717) is 18.6 Å². The summed E-state index contributed by atoms with van der Waals surface area (Å²) in [7, 11) is 0. The van der Waals surface area contributed by atoms with Gasteiger partial charge in [-0.25, -0.2) is 0 Å². The largest absolute Gasteiger partial charge is 0.376 e. The van der Waals surface area contributed by atoms with Gasteiger partial charge in [0.25, 0.3) is 0 Å². The quantitative estimate of drug-likeness (QED) is 0.749. The molecule has 122 valence electrons. The summed E-state index contributed by atoms with van der Waals surface area (Å²) >= 11 is 0. The molecule has 1 amide bonds. The van der Waals surface area contributed by atoms with Crippen molar-refractivity contribution in [3.05, 3.63) is 0 Å². The molecule has 2 aliphatic rings. The van der Waals surface area contributed by atoms with E-state index in [2.05, 4.69) is 26.1 Å². The van der Waals surface area contributed by atoms with E-state index in [1.54, 1.807) is 0 Å². The smallest absolute Gasteiger partial charge is 0.241 e. The van der Waals surface area contributed by atoms with Gasteiger partial charge < -0.3 is 9.64 Å². The van der Waals surface area contributed by atoms with E-state index >= 15 is 0 Å². The lowest BCUT2D eigenvalue weighted by molar-refractivity contribution is -0.131. The molecule has 2 atom stereocenters. The predicted octanol–water partition coefficient (Wildman–Crippen LogP) is 2.92. The molecule has 2 unspecified atom stereocenters. The lowest BCUT2D eigenvalue weighted by Crippen LogP contribution is -2.43. The van der Waals surface area contributed by atoms with Crippen LogP contribution in [0.3, 0.4) is 0 Å². The second-order valence-electron chi connectivity index (χ2n) is 6.86. The molecule has 1 heterocycles. The van der Waals surface area contributed by atoms with Crippen LogP contribution in [0.25, 0.3) is 0 Å². The van der Waals surface area contributed by atoms with Gasteiger partial charge in [-0.2, -0.15) is 0 Å². The van der Waals surface area contributed by atoms with Gasteiger partial charge in [-0.05, 0) is 25.2 Å². The molecule has 0 spiro atoms. The minimum absolute atomic E-state index is 0.0174. The number of hydrogen-bond acceptors (Lipinski definition) is 3. The zero-order valence-electron chi connectivity index (χ0n) is 13.9. The van der Waals surface area contributed by atoms with E-state index in [4.69, 9.17) is 4.74 Å². The number of rotatable bonds is 8. The maximum absolute atomic E-state index is 12.6. The predicted molar refractivity (Wildman–Crippen MR) is 85.0 cm³/mol. The summed E-state index contributed by atoms with van der Waals surface area (Å²) < 4.78 is 5.94. The summed E-state index contributed by atoms with van der Waals surface area (Å²) in [5.74, 6) is 0.712. The van der Waals surface area contributed by atoms with Crippen LogP contribution in [0.2, 0.25) is 0 Å². The van der Waals surface area contributed by atoms with E-state index in [-0.39, 0.29) is 18.1 Å². The summed E-state index contributed by atoms with van der Waals surface area (Å²) in [6, 6.07) is 0.0174. The molecular weight excluding hydrogens is 264 g/mol. The molecule has 0 aromatic heterocycles. The summed E-state index contributed by atoms with van der Waals surface area (Å²) in [5, 5.41) is 3.52. The second-order valence-corrected chi connectivity index (χ2v) is 6.86. The van der Waals surface area contributed by atoms with E-state index in [9.17, 15) is 4.79 Å². The molecule has 0 bridgehead atoms. The molecule has 0 radical (unpaired) electrons. The lowest BCUT2D eigenvalue weighted by Gasteiger charge is -2.27. The molecule has 4 heteroatoms. The number of amides is 1. The molecule has 1 N–H and O–H groups in total. The van der Waals surface area contributed by atoms with Crippen LogP contribution in [0.4, 0.5) is 0 Å². The Kier molecular flexibility index (Phi) is 6.49. The fourth-order valence-electron chi connectivity index (χ4n) is 3.49. The minimum atomic E-state index is 0.0174. The van der Waals surface area contributed by atoms with Crippen LogP contribution in [-0.4, -0.2) is 42.3 Å². The third-order valence-corrected chi connectivity index (χ3v) is 4.75. The van der Waals surface area contributed by atoms with Crippen molar-refractivity contribution in [2.75, 3.05) is 13.2 Å². The van der Waals surface area contributed by atoms with Crippen molar-refractivity contribution in [1.82, 2.24) is 10.2 Å². The Morgan fingerprint density at radius 2 is 2.05 bits per heavy atom. The first-order valence-corrected chi connectivity index (χ1v) is 8.81. The van der Waals surface area contributed by atoms with Gasteiger partial charge in [-0.15, -0.1) is 0 Å². The first-order chi connectivity index (χ1) is 10.1. The number of carbonyl (C=O) groups is 1. The molecule has 1 aliphatic heterocycles. The van der Waals surface area contributed by atoms with Crippen molar-refractivity contribution in [2.45, 2.75) is 84.0 Å². The number of hydrogen-bond donors (Lipinski definition) is 1. The average Bonchev–Trinajstić information content (AvgIpc) is 3.06. The van der Waals surface area contributed by atoms with Crippen molar-refractivity contribution in [3.8, 4) is 0 Å². The van der Waals surface area contributed by atoms with Gasteiger partial charge >= 0.3 is 0 Å². The molecular formula is C17H32N2O2. The second kappa shape index (κ2) is 8.14. The third-order valence-electron chi connectivity index (χ3n) is 4.75. The van der Waals surface area contributed by atoms with Crippen LogP contribution in [0, 0.1) is 5.92 Å². The summed E-state index contributed by atoms with van der Waals surface area (Å²) in [4.78, 5) is 14.6. The highest BCUT2D eigenvalue weighted by atomic mass is 16.5. The normalized spacial score (nSPS) is 27.2. The lowest BCUT2D eigenvalue weighted by atomic mass is 10.1. The zero-order chi connectivity index (χ0) is 15.2. The van der Waals surface area contributed by atoms with Crippen LogP contribution in [0.5, 0.6) is 0 Å². The van der Waals surface area contributed by atoms with Gasteiger partial charge in [-0.3, -0.25) is 10.1 Å². The molecule has 2 rings (SSSR count). The third kappa shape index (κ3) is 4.43. The maximum atomic E-state index is 12.6. The first-order valence-electron chi connectivity index (χ1n) is 8.81. The molecule has 21 heavy (non-hydrogen) atoms. The highest BCUT2D eigenvalue weighted by Crippen LogP contribution is 2.23. The Balaban J connectivity index is 1.83. The van der Waals surface area contributed by atoms with E-state index in [0.717, 1.165) is 25.8 Å². The van der Waals surface area contributed by atoms with Gasteiger partial charge in [-0.1, -0.05) is 46.5 Å². The minimum Gasteiger partial charge on any atom is -0.376 e. The molecule has 2 fully saturated rings. The average molecular weight is 296 g/mol. The Hall–Kier alpha value is -0.610. The van der Waals surface area contributed by atoms with Crippen LogP contribution in [0.15, 0.2) is 0 Å². The van der Waals surface area contributed by atoms with Crippen molar-refractivity contribution in [2.24, 2.45) is 5.92 Å². The fraction of sp³-hybridized carbons (Fsp3) is 0.941. The molecule has 0 aromatic carbocycles. The molecule has 1 saturated carbocycles. The highest BCUT2D eigenvalue weighted by Gasteiger charge is 2.39. The van der Waals surface area contributed by atoms with Crippen LogP contribution in [0.1, 0.15) is 65.7 Å². The monoisotopic (exact) mass is 296 g/mol. The zero-order valence-corrected chi connectivity index (χ0v) is 13.9. The Labute approximate surface area is 129 Å². The van der Waals surface area contributed by atoms with Crippen molar-refractivity contribution >= 4 is 5.91 Å².